The van der Waals surface area contributed by atoms with Crippen LogP contribution in [0.5, 0.6) is 0 Å². The number of H-pyrrole nitrogens is 1. The molecule has 3 heterocycles. The monoisotopic (exact) mass is 637 g/mol. The van der Waals surface area contributed by atoms with E-state index in [0.717, 1.165) is 0 Å². The van der Waals surface area contributed by atoms with Crippen LogP contribution in [0.2, 0.25) is 0 Å². The molecule has 0 amide bonds. The summed E-state index contributed by atoms with van der Waals surface area (Å²) >= 11 is 0. The van der Waals surface area contributed by atoms with Crippen molar-refractivity contribution in [2.24, 2.45) is 0 Å². The van der Waals surface area contributed by atoms with Crippen molar-refractivity contribution in [3.63, 3.8) is 0 Å². The van der Waals surface area contributed by atoms with Gasteiger partial charge < -0.3 is 34.8 Å². The van der Waals surface area contributed by atoms with Gasteiger partial charge in [0.15, 0.2) is 11.2 Å². The highest BCUT2D eigenvalue weighted by molar-refractivity contribution is 8.77. The summed E-state index contributed by atoms with van der Waals surface area (Å²) in [7, 11) is -8.12. The molecule has 1 fully saturated rings. The van der Waals surface area contributed by atoms with E-state index in [-0.39, 0.29) is 29.5 Å². The normalized spacial score (nSPS) is 23.9. The van der Waals surface area contributed by atoms with Gasteiger partial charge in [-0.2, -0.15) is 13.6 Å². The van der Waals surface area contributed by atoms with Crippen LogP contribution in [0.1, 0.15) is 26.5 Å². The number of hydrogen-bond acceptors (Lipinski definition) is 14. The Morgan fingerprint density at radius 3 is 2.58 bits per heavy atom. The Labute approximate surface area is 223 Å². The van der Waals surface area contributed by atoms with Crippen LogP contribution in [0, 0.1) is 0 Å². The first-order valence-corrected chi connectivity index (χ1v) is 17.1. The van der Waals surface area contributed by atoms with Gasteiger partial charge >= 0.3 is 23.5 Å². The smallest absolute Gasteiger partial charge is 0.369 e. The predicted octanol–water partition coefficient (Wildman–Crippen LogP) is 0.961. The Hall–Kier alpha value is -0.755. The lowest BCUT2D eigenvalue weighted by atomic mass is 9.91. The van der Waals surface area contributed by atoms with Crippen LogP contribution in [-0.2, 0) is 36.3 Å². The van der Waals surface area contributed by atoms with E-state index in [1.54, 1.807) is 13.8 Å². The number of hydrogen-bond donors (Lipinski definition) is 6. The van der Waals surface area contributed by atoms with Crippen molar-refractivity contribution in [3.8, 4) is 0 Å². The molecule has 2 radical (unpaired) electrons. The van der Waals surface area contributed by atoms with Gasteiger partial charge in [-0.1, -0.05) is 35.4 Å². The van der Waals surface area contributed by atoms with Crippen molar-refractivity contribution >= 4 is 70.0 Å². The number of phosphoric ester groups is 1. The summed E-state index contributed by atoms with van der Waals surface area (Å²) in [5, 5.41) is 0. The predicted molar refractivity (Wildman–Crippen MR) is 136 cm³/mol. The molecule has 38 heavy (non-hydrogen) atoms. The number of nitrogen functional groups attached to an aromatic ring is 1. The molecule has 0 bridgehead atoms. The summed E-state index contributed by atoms with van der Waals surface area (Å²) in [6, 6.07) is 0. The van der Waals surface area contributed by atoms with E-state index in [2.05, 4.69) is 23.6 Å². The molecular formula is C14H23BN5O13P3S2. The molecule has 1 aliphatic rings. The van der Waals surface area contributed by atoms with Crippen molar-refractivity contribution in [2.45, 2.75) is 43.4 Å². The zero-order chi connectivity index (χ0) is 28.5. The van der Waals surface area contributed by atoms with E-state index >= 15 is 0 Å². The molecule has 18 nitrogen and oxygen atoms in total. The zero-order valence-electron chi connectivity index (χ0n) is 19.5. The van der Waals surface area contributed by atoms with Crippen LogP contribution in [0.25, 0.3) is 11.2 Å². The highest BCUT2D eigenvalue weighted by Crippen LogP contribution is 2.66. The lowest BCUT2D eigenvalue weighted by Crippen LogP contribution is -2.29. The van der Waals surface area contributed by atoms with Crippen molar-refractivity contribution < 1.29 is 55.9 Å². The van der Waals surface area contributed by atoms with Gasteiger partial charge in [-0.05, 0) is 4.65 Å². The minimum atomic E-state index is -5.69. The number of phosphoric acid groups is 3. The van der Waals surface area contributed by atoms with E-state index < -0.39 is 58.7 Å². The first-order valence-electron chi connectivity index (χ1n) is 10.2. The highest BCUT2D eigenvalue weighted by atomic mass is 33.1. The molecule has 1 saturated heterocycles. The van der Waals surface area contributed by atoms with Gasteiger partial charge in [-0.15, -0.1) is 0 Å². The van der Waals surface area contributed by atoms with E-state index in [9.17, 15) is 28.3 Å². The topological polar surface area (TPSA) is 268 Å². The third kappa shape index (κ3) is 9.42. The molecule has 0 aromatic carbocycles. The maximum Gasteiger partial charge on any atom is 0.490 e. The number of fused-ring (bicyclic) bond motifs is 1. The van der Waals surface area contributed by atoms with Crippen LogP contribution in [0.3, 0.4) is 0 Å². The molecule has 0 aliphatic carbocycles. The molecule has 7 N–H and O–H groups in total. The van der Waals surface area contributed by atoms with Gasteiger partial charge in [-0.25, -0.2) is 18.7 Å². The third-order valence-electron chi connectivity index (χ3n) is 4.36. The van der Waals surface area contributed by atoms with E-state index in [1.165, 1.54) is 32.5 Å². The lowest BCUT2D eigenvalue weighted by molar-refractivity contribution is -0.0522. The number of nitrogens with zero attached hydrogens (tertiary/aromatic N) is 3. The van der Waals surface area contributed by atoms with Crippen LogP contribution >= 0.6 is 45.1 Å². The Bertz CT molecular complexity index is 1350. The molecule has 3 rings (SSSR count). The van der Waals surface area contributed by atoms with Crippen LogP contribution < -0.4 is 11.3 Å². The summed E-state index contributed by atoms with van der Waals surface area (Å²) in [5.74, 6) is -0.0649. The Balaban J connectivity index is 1.75. The molecule has 0 spiro atoms. The van der Waals surface area contributed by atoms with E-state index in [1.807, 2.05) is 0 Å². The average Bonchev–Trinajstić information content (AvgIpc) is 3.30. The summed E-state index contributed by atoms with van der Waals surface area (Å²) < 4.78 is 59.2. The van der Waals surface area contributed by atoms with Gasteiger partial charge in [0, 0.05) is 6.42 Å². The number of aromatic nitrogens is 4. The average molecular weight is 637 g/mol. The Morgan fingerprint density at radius 2 is 1.95 bits per heavy atom. The molecule has 212 valence electrons. The summed E-state index contributed by atoms with van der Waals surface area (Å²) in [4.78, 5) is 58.9. The van der Waals surface area contributed by atoms with Crippen LogP contribution in [0.4, 0.5) is 5.95 Å². The second kappa shape index (κ2) is 12.0. The Morgan fingerprint density at radius 1 is 1.26 bits per heavy atom. The number of anilines is 1. The summed E-state index contributed by atoms with van der Waals surface area (Å²) in [6.45, 7) is 2.83. The number of nitrogens with two attached hydrogens (primary N) is 1. The molecule has 1 aliphatic heterocycles. The maximum atomic E-state index is 12.2. The van der Waals surface area contributed by atoms with E-state index in [0.29, 0.717) is 0 Å². The molecule has 2 aromatic rings. The second-order valence-corrected chi connectivity index (χ2v) is 15.5. The number of aromatic amines is 1. The number of nitrogens with one attached hydrogen (secondary N) is 1. The van der Waals surface area contributed by atoms with Crippen molar-refractivity contribution in [2.75, 3.05) is 18.3 Å². The Kier molecular flexibility index (Phi) is 10.0. The van der Waals surface area contributed by atoms with Crippen molar-refractivity contribution in [3.05, 3.63) is 16.7 Å². The SMILES string of the molecule is [B]C(C)(C)SSCO[C@@H]1C[C@H](n2cnc3c(=O)[nH]c(N)nc32)OC1COP(=O)(O)OP(=O)(O)OP(=O)(O)O. The van der Waals surface area contributed by atoms with Gasteiger partial charge in [0.05, 0.1) is 26.9 Å². The minimum Gasteiger partial charge on any atom is -0.369 e. The number of rotatable bonds is 13. The zero-order valence-corrected chi connectivity index (χ0v) is 23.9. The fourth-order valence-electron chi connectivity index (χ4n) is 3.11. The van der Waals surface area contributed by atoms with Crippen molar-refractivity contribution in [1.82, 2.24) is 19.5 Å². The first-order chi connectivity index (χ1) is 17.3. The van der Waals surface area contributed by atoms with Crippen LogP contribution in [0.15, 0.2) is 11.1 Å². The fraction of sp³-hybridized carbons (Fsp3) is 0.643. The molecule has 0 saturated carbocycles. The standard InChI is InChI=1S/C14H23BN5O13P3S2/c1-14(2,15)38-37-6-29-7-3-9(20-5-17-10-11(20)18-13(16)19-12(10)21)31-8(7)4-30-35(25,26)33-36(27,28)32-34(22,23)24/h5,7-9H,3-4,6H2,1-2H3,(H,25,26)(H,27,28)(H2,22,23,24)(H3,16,18,19,21)/t7-,8?,9-/m1/s1. The lowest BCUT2D eigenvalue weighted by Gasteiger charge is -2.22. The molecular weight excluding hydrogens is 614 g/mol. The molecule has 2 aromatic heterocycles. The number of imidazole rings is 1. The summed E-state index contributed by atoms with van der Waals surface area (Å²) in [5.41, 5.74) is 5.11. The van der Waals surface area contributed by atoms with Gasteiger partial charge in [0.1, 0.15) is 18.3 Å². The van der Waals surface area contributed by atoms with Crippen LogP contribution in [-0.4, -0.2) is 76.3 Å². The fourth-order valence-corrected chi connectivity index (χ4v) is 7.95. The third-order valence-corrected chi connectivity index (χ3v) is 10.9. The highest BCUT2D eigenvalue weighted by Gasteiger charge is 2.43. The van der Waals surface area contributed by atoms with E-state index in [4.69, 9.17) is 37.4 Å². The molecule has 3 unspecified atom stereocenters. The van der Waals surface area contributed by atoms with Gasteiger partial charge in [0.2, 0.25) is 5.95 Å². The summed E-state index contributed by atoms with van der Waals surface area (Å²) in [6.07, 6.45) is -1.35. The second-order valence-electron chi connectivity index (χ2n) is 8.15. The quantitative estimate of drug-likeness (QED) is 0.0587. The molecule has 5 atom stereocenters. The van der Waals surface area contributed by atoms with Gasteiger partial charge in [-0.3, -0.25) is 18.9 Å². The van der Waals surface area contributed by atoms with Crippen molar-refractivity contribution in [1.29, 1.82) is 0 Å². The largest absolute Gasteiger partial charge is 0.490 e. The maximum absolute atomic E-state index is 12.2. The minimum absolute atomic E-state index is 0.0193. The number of ether oxygens (including phenoxy) is 2. The molecule has 24 heteroatoms. The first kappa shape index (κ1) is 31.8. The van der Waals surface area contributed by atoms with Gasteiger partial charge in [0.25, 0.3) is 5.56 Å².